The van der Waals surface area contributed by atoms with E-state index in [9.17, 15) is 4.79 Å². The van der Waals surface area contributed by atoms with Crippen molar-refractivity contribution in [2.24, 2.45) is 5.73 Å². The van der Waals surface area contributed by atoms with Gasteiger partial charge in [-0.2, -0.15) is 0 Å². The number of anilines is 1. The highest BCUT2D eigenvalue weighted by Gasteiger charge is 2.09. The average Bonchev–Trinajstić information content (AvgIpc) is 2.16. The zero-order valence-electron chi connectivity index (χ0n) is 10.6. The van der Waals surface area contributed by atoms with Gasteiger partial charge in [0.05, 0.1) is 0 Å². The highest BCUT2D eigenvalue weighted by Crippen LogP contribution is 2.23. The lowest BCUT2D eigenvalue weighted by molar-refractivity contribution is -0.116. The number of amides is 1. The smallest absolute Gasteiger partial charge is 0.225 e. The van der Waals surface area contributed by atoms with Gasteiger partial charge in [0.1, 0.15) is 0 Å². The molecule has 96 valence electrons. The van der Waals surface area contributed by atoms with Gasteiger partial charge in [-0.05, 0) is 24.5 Å². The van der Waals surface area contributed by atoms with Gasteiger partial charge in [0.2, 0.25) is 5.91 Å². The molecule has 0 fully saturated rings. The molecule has 0 saturated carbocycles. The first-order chi connectivity index (χ1) is 7.50. The van der Waals surface area contributed by atoms with E-state index in [-0.39, 0.29) is 24.4 Å². The van der Waals surface area contributed by atoms with Crippen molar-refractivity contribution in [2.45, 2.75) is 39.2 Å². The Kier molecular flexibility index (Phi) is 6.85. The molecule has 1 aromatic carbocycles. The van der Waals surface area contributed by atoms with Crippen LogP contribution in [0, 0.1) is 0 Å². The van der Waals surface area contributed by atoms with Crippen molar-refractivity contribution in [3.63, 3.8) is 0 Å². The van der Waals surface area contributed by atoms with Crippen LogP contribution in [0.2, 0.25) is 0 Å². The van der Waals surface area contributed by atoms with Gasteiger partial charge in [-0.25, -0.2) is 0 Å². The van der Waals surface area contributed by atoms with E-state index in [1.807, 2.05) is 31.2 Å². The van der Waals surface area contributed by atoms with Gasteiger partial charge >= 0.3 is 0 Å². The topological polar surface area (TPSA) is 55.1 Å². The summed E-state index contributed by atoms with van der Waals surface area (Å²) in [6.07, 6.45) is 0.354. The number of para-hydroxylation sites is 1. The summed E-state index contributed by atoms with van der Waals surface area (Å²) < 4.78 is 0. The number of nitrogens with two attached hydrogens (primary N) is 1. The molecule has 0 aliphatic heterocycles. The fraction of sp³-hybridized carbons (Fsp3) is 0.462. The van der Waals surface area contributed by atoms with Crippen LogP contribution in [0.5, 0.6) is 0 Å². The van der Waals surface area contributed by atoms with E-state index in [2.05, 4.69) is 19.2 Å². The van der Waals surface area contributed by atoms with Crippen LogP contribution < -0.4 is 11.1 Å². The van der Waals surface area contributed by atoms with Gasteiger partial charge in [-0.3, -0.25) is 4.79 Å². The van der Waals surface area contributed by atoms with E-state index in [1.165, 1.54) is 0 Å². The lowest BCUT2D eigenvalue weighted by Gasteiger charge is -2.14. The first kappa shape index (κ1) is 15.9. The van der Waals surface area contributed by atoms with Crippen LogP contribution in [0.1, 0.15) is 38.7 Å². The second-order valence-electron chi connectivity index (χ2n) is 4.47. The zero-order chi connectivity index (χ0) is 12.1. The van der Waals surface area contributed by atoms with Gasteiger partial charge in [-0.1, -0.05) is 32.0 Å². The molecule has 3 N–H and O–H groups in total. The monoisotopic (exact) mass is 256 g/mol. The predicted molar refractivity (Wildman–Crippen MR) is 74.7 cm³/mol. The Labute approximate surface area is 109 Å². The third-order valence-corrected chi connectivity index (χ3v) is 2.36. The summed E-state index contributed by atoms with van der Waals surface area (Å²) in [4.78, 5) is 11.6. The molecular weight excluding hydrogens is 236 g/mol. The molecule has 0 aromatic heterocycles. The summed E-state index contributed by atoms with van der Waals surface area (Å²) in [6.45, 7) is 6.04. The van der Waals surface area contributed by atoms with Crippen molar-refractivity contribution in [2.75, 3.05) is 5.32 Å². The Hall–Kier alpha value is -1.06. The standard InChI is InChI=1S/C13H20N2O.ClH/c1-9(2)11-6-4-5-7-12(11)15-13(16)8-10(3)14;/h4-7,9-10H,8,14H2,1-3H3,(H,15,16);1H. The van der Waals surface area contributed by atoms with Gasteiger partial charge in [-0.15, -0.1) is 12.4 Å². The van der Waals surface area contributed by atoms with Gasteiger partial charge < -0.3 is 11.1 Å². The highest BCUT2D eigenvalue weighted by molar-refractivity contribution is 5.91. The van der Waals surface area contributed by atoms with Crippen LogP contribution in [0.25, 0.3) is 0 Å². The molecule has 0 saturated heterocycles. The molecule has 0 radical (unpaired) electrons. The summed E-state index contributed by atoms with van der Waals surface area (Å²) in [6, 6.07) is 7.76. The molecule has 0 aliphatic carbocycles. The number of nitrogens with one attached hydrogen (secondary N) is 1. The lowest BCUT2D eigenvalue weighted by Crippen LogP contribution is -2.24. The highest BCUT2D eigenvalue weighted by atomic mass is 35.5. The maximum Gasteiger partial charge on any atom is 0.225 e. The maximum absolute atomic E-state index is 11.6. The van der Waals surface area contributed by atoms with Crippen LogP contribution in [-0.4, -0.2) is 11.9 Å². The second kappa shape index (κ2) is 7.30. The number of carbonyl (C=O) groups excluding carboxylic acids is 1. The van der Waals surface area contributed by atoms with E-state index in [0.29, 0.717) is 12.3 Å². The number of hydrogen-bond donors (Lipinski definition) is 2. The fourth-order valence-electron chi connectivity index (χ4n) is 1.61. The van der Waals surface area contributed by atoms with E-state index in [1.54, 1.807) is 0 Å². The van der Waals surface area contributed by atoms with Crippen LogP contribution in [0.4, 0.5) is 5.69 Å². The third kappa shape index (κ3) is 5.20. The lowest BCUT2D eigenvalue weighted by atomic mass is 10.0. The first-order valence-electron chi connectivity index (χ1n) is 5.65. The van der Waals surface area contributed by atoms with Gasteiger partial charge in [0.25, 0.3) is 0 Å². The molecule has 4 heteroatoms. The number of benzene rings is 1. The van der Waals surface area contributed by atoms with E-state index in [0.717, 1.165) is 11.3 Å². The number of carbonyl (C=O) groups is 1. The van der Waals surface area contributed by atoms with Crippen LogP contribution >= 0.6 is 12.4 Å². The molecular formula is C13H21ClN2O. The van der Waals surface area contributed by atoms with Crippen molar-refractivity contribution in [1.29, 1.82) is 0 Å². The molecule has 0 bridgehead atoms. The van der Waals surface area contributed by atoms with Gasteiger partial charge in [0, 0.05) is 18.2 Å². The molecule has 1 unspecified atom stereocenters. The van der Waals surface area contributed by atoms with E-state index >= 15 is 0 Å². The average molecular weight is 257 g/mol. The van der Waals surface area contributed by atoms with Crippen LogP contribution in [-0.2, 0) is 4.79 Å². The summed E-state index contributed by atoms with van der Waals surface area (Å²) in [7, 11) is 0. The molecule has 1 rings (SSSR count). The minimum atomic E-state index is -0.105. The molecule has 0 aliphatic rings. The summed E-state index contributed by atoms with van der Waals surface area (Å²) >= 11 is 0. The fourth-order valence-corrected chi connectivity index (χ4v) is 1.61. The van der Waals surface area contributed by atoms with Crippen molar-refractivity contribution in [3.8, 4) is 0 Å². The van der Waals surface area contributed by atoms with Crippen molar-refractivity contribution >= 4 is 24.0 Å². The molecule has 1 aromatic rings. The Morgan fingerprint density at radius 1 is 1.29 bits per heavy atom. The van der Waals surface area contributed by atoms with E-state index in [4.69, 9.17) is 5.73 Å². The molecule has 3 nitrogen and oxygen atoms in total. The van der Waals surface area contributed by atoms with Crippen molar-refractivity contribution in [3.05, 3.63) is 29.8 Å². The van der Waals surface area contributed by atoms with Crippen LogP contribution in [0.3, 0.4) is 0 Å². The minimum absolute atomic E-state index is 0. The van der Waals surface area contributed by atoms with E-state index < -0.39 is 0 Å². The minimum Gasteiger partial charge on any atom is -0.327 e. The summed E-state index contributed by atoms with van der Waals surface area (Å²) in [5.41, 5.74) is 7.63. The first-order valence-corrected chi connectivity index (χ1v) is 5.65. The molecule has 0 heterocycles. The second-order valence-corrected chi connectivity index (χ2v) is 4.47. The van der Waals surface area contributed by atoms with Crippen molar-refractivity contribution in [1.82, 2.24) is 0 Å². The molecule has 17 heavy (non-hydrogen) atoms. The normalized spacial score (nSPS) is 11.8. The molecule has 1 atom stereocenters. The summed E-state index contributed by atoms with van der Waals surface area (Å²) in [5.74, 6) is 0.370. The Balaban J connectivity index is 0.00000256. The van der Waals surface area contributed by atoms with Crippen molar-refractivity contribution < 1.29 is 4.79 Å². The number of hydrogen-bond acceptors (Lipinski definition) is 2. The van der Waals surface area contributed by atoms with Gasteiger partial charge in [0.15, 0.2) is 0 Å². The largest absolute Gasteiger partial charge is 0.327 e. The number of rotatable bonds is 4. The summed E-state index contributed by atoms with van der Waals surface area (Å²) in [5, 5.41) is 2.90. The zero-order valence-corrected chi connectivity index (χ0v) is 11.4. The molecule has 1 amide bonds. The molecule has 0 spiro atoms. The Morgan fingerprint density at radius 2 is 1.88 bits per heavy atom. The maximum atomic E-state index is 11.6. The predicted octanol–water partition coefficient (Wildman–Crippen LogP) is 2.91. The Bertz CT molecular complexity index is 364. The number of halogens is 1. The Morgan fingerprint density at radius 3 is 2.41 bits per heavy atom. The van der Waals surface area contributed by atoms with Crippen LogP contribution in [0.15, 0.2) is 24.3 Å². The third-order valence-electron chi connectivity index (χ3n) is 2.36. The quantitative estimate of drug-likeness (QED) is 0.870. The SMILES string of the molecule is CC(N)CC(=O)Nc1ccccc1C(C)C.Cl.